The first-order chi connectivity index (χ1) is 8.58. The van der Waals surface area contributed by atoms with Gasteiger partial charge in [0.2, 0.25) is 0 Å². The van der Waals surface area contributed by atoms with Crippen molar-refractivity contribution in [3.8, 4) is 0 Å². The van der Waals surface area contributed by atoms with Crippen LogP contribution in [0.25, 0.3) is 0 Å². The van der Waals surface area contributed by atoms with Gasteiger partial charge in [-0.3, -0.25) is 0 Å². The Labute approximate surface area is 115 Å². The van der Waals surface area contributed by atoms with Crippen molar-refractivity contribution in [1.29, 1.82) is 0 Å². The zero-order valence-electron chi connectivity index (χ0n) is 9.42. The quantitative estimate of drug-likeness (QED) is 0.851. The number of aliphatic hydroxyl groups is 1. The van der Waals surface area contributed by atoms with E-state index in [-0.39, 0.29) is 0 Å². The van der Waals surface area contributed by atoms with Gasteiger partial charge < -0.3 is 10.8 Å². The Morgan fingerprint density at radius 3 is 2.50 bits per heavy atom. The molecule has 2 atom stereocenters. The molecule has 18 heavy (non-hydrogen) atoms. The van der Waals surface area contributed by atoms with Gasteiger partial charge in [0.25, 0.3) is 0 Å². The summed E-state index contributed by atoms with van der Waals surface area (Å²) < 4.78 is 0. The molecular weight excluding hydrogens is 271 g/mol. The Morgan fingerprint density at radius 1 is 1.11 bits per heavy atom. The van der Waals surface area contributed by atoms with Crippen LogP contribution in [-0.2, 0) is 0 Å². The first kappa shape index (κ1) is 13.3. The van der Waals surface area contributed by atoms with Crippen molar-refractivity contribution in [3.05, 3.63) is 63.9 Å². The molecule has 0 saturated carbocycles. The molecule has 0 amide bonds. The second kappa shape index (κ2) is 5.67. The minimum Gasteiger partial charge on any atom is -0.386 e. The molecule has 0 saturated heterocycles. The summed E-state index contributed by atoms with van der Waals surface area (Å²) in [5, 5.41) is 11.1. The summed E-state index contributed by atoms with van der Waals surface area (Å²) in [7, 11) is 0. The van der Waals surface area contributed by atoms with Crippen molar-refractivity contribution in [3.63, 3.8) is 0 Å². The molecule has 3 nitrogen and oxygen atoms in total. The molecule has 3 N–H and O–H groups in total. The number of rotatable bonds is 3. The summed E-state index contributed by atoms with van der Waals surface area (Å²) in [5.41, 5.74) is 7.38. The fourth-order valence-corrected chi connectivity index (χ4v) is 1.98. The summed E-state index contributed by atoms with van der Waals surface area (Å²) in [6.07, 6.45) is 0.715. The van der Waals surface area contributed by atoms with Gasteiger partial charge in [0.05, 0.1) is 12.1 Å². The van der Waals surface area contributed by atoms with Crippen LogP contribution in [0.1, 0.15) is 23.3 Å². The molecule has 0 aliphatic rings. The van der Waals surface area contributed by atoms with Crippen LogP contribution < -0.4 is 5.73 Å². The molecule has 0 radical (unpaired) electrons. The second-order valence-electron chi connectivity index (χ2n) is 3.94. The molecule has 0 bridgehead atoms. The van der Waals surface area contributed by atoms with E-state index in [2.05, 4.69) is 4.98 Å². The van der Waals surface area contributed by atoms with Crippen LogP contribution in [-0.4, -0.2) is 10.1 Å². The molecular formula is C13H12Cl2N2O. The van der Waals surface area contributed by atoms with Gasteiger partial charge in [-0.2, -0.15) is 0 Å². The molecule has 0 fully saturated rings. The van der Waals surface area contributed by atoms with Crippen molar-refractivity contribution in [2.45, 2.75) is 12.1 Å². The number of hydrogen-bond donors (Lipinski definition) is 2. The maximum Gasteiger partial charge on any atom is 0.129 e. The maximum absolute atomic E-state index is 10.2. The zero-order chi connectivity index (χ0) is 13.1. The molecule has 0 spiro atoms. The SMILES string of the molecule is N[C@H](c1ccc(Cl)nc1)[C@H](O)c1cccc(Cl)c1. The standard InChI is InChI=1S/C13H12Cl2N2O/c14-10-3-1-2-8(6-10)13(18)12(16)9-4-5-11(15)17-7-9/h1-7,12-13,18H,16H2/t12-,13-/m1/s1. The van der Waals surface area contributed by atoms with E-state index in [0.29, 0.717) is 21.3 Å². The van der Waals surface area contributed by atoms with Gasteiger partial charge in [-0.15, -0.1) is 0 Å². The van der Waals surface area contributed by atoms with Crippen LogP contribution in [0.4, 0.5) is 0 Å². The highest BCUT2D eigenvalue weighted by atomic mass is 35.5. The van der Waals surface area contributed by atoms with Gasteiger partial charge in [0.1, 0.15) is 5.15 Å². The molecule has 1 heterocycles. The smallest absolute Gasteiger partial charge is 0.129 e. The number of hydrogen-bond acceptors (Lipinski definition) is 3. The van der Waals surface area contributed by atoms with Gasteiger partial charge in [-0.25, -0.2) is 4.98 Å². The van der Waals surface area contributed by atoms with Crippen LogP contribution >= 0.6 is 23.2 Å². The third kappa shape index (κ3) is 3.00. The van der Waals surface area contributed by atoms with Crippen molar-refractivity contribution >= 4 is 23.2 Å². The Balaban J connectivity index is 2.23. The predicted octanol–water partition coefficient (Wildman–Crippen LogP) is 3.12. The predicted molar refractivity (Wildman–Crippen MR) is 72.6 cm³/mol. The normalized spacial score (nSPS) is 14.2. The lowest BCUT2D eigenvalue weighted by molar-refractivity contribution is 0.147. The molecule has 5 heteroatoms. The van der Waals surface area contributed by atoms with E-state index in [4.69, 9.17) is 28.9 Å². The summed E-state index contributed by atoms with van der Waals surface area (Å²) in [6.45, 7) is 0. The summed E-state index contributed by atoms with van der Waals surface area (Å²) >= 11 is 11.6. The van der Waals surface area contributed by atoms with E-state index in [1.165, 1.54) is 0 Å². The highest BCUT2D eigenvalue weighted by Gasteiger charge is 2.19. The molecule has 1 aromatic carbocycles. The second-order valence-corrected chi connectivity index (χ2v) is 4.76. The average molecular weight is 283 g/mol. The van der Waals surface area contributed by atoms with Crippen molar-refractivity contribution in [1.82, 2.24) is 4.98 Å². The molecule has 0 aliphatic heterocycles. The fourth-order valence-electron chi connectivity index (χ4n) is 1.66. The lowest BCUT2D eigenvalue weighted by Crippen LogP contribution is -2.19. The van der Waals surface area contributed by atoms with Gasteiger partial charge in [0, 0.05) is 11.2 Å². The van der Waals surface area contributed by atoms with Gasteiger partial charge in [0.15, 0.2) is 0 Å². The van der Waals surface area contributed by atoms with E-state index in [9.17, 15) is 5.11 Å². The van der Waals surface area contributed by atoms with Crippen molar-refractivity contribution in [2.24, 2.45) is 5.73 Å². The first-order valence-corrected chi connectivity index (χ1v) is 6.14. The maximum atomic E-state index is 10.2. The van der Waals surface area contributed by atoms with Crippen LogP contribution in [0.15, 0.2) is 42.6 Å². The molecule has 94 valence electrons. The first-order valence-electron chi connectivity index (χ1n) is 5.38. The highest BCUT2D eigenvalue weighted by Crippen LogP contribution is 2.28. The van der Waals surface area contributed by atoms with Crippen molar-refractivity contribution in [2.75, 3.05) is 0 Å². The van der Waals surface area contributed by atoms with Gasteiger partial charge in [-0.1, -0.05) is 41.4 Å². The number of nitrogens with two attached hydrogens (primary N) is 1. The van der Waals surface area contributed by atoms with E-state index in [1.807, 2.05) is 0 Å². The number of halogens is 2. The minimum absolute atomic E-state index is 0.392. The lowest BCUT2D eigenvalue weighted by atomic mass is 9.98. The van der Waals surface area contributed by atoms with E-state index in [0.717, 1.165) is 0 Å². The van der Waals surface area contributed by atoms with Gasteiger partial charge >= 0.3 is 0 Å². The van der Waals surface area contributed by atoms with Crippen LogP contribution in [0.5, 0.6) is 0 Å². The van der Waals surface area contributed by atoms with Crippen LogP contribution in [0.2, 0.25) is 10.2 Å². The summed E-state index contributed by atoms with van der Waals surface area (Å²) in [5.74, 6) is 0. The molecule has 2 aromatic rings. The summed E-state index contributed by atoms with van der Waals surface area (Å²) in [6, 6.07) is 9.79. The topological polar surface area (TPSA) is 59.1 Å². The lowest BCUT2D eigenvalue weighted by Gasteiger charge is -2.19. The number of nitrogens with zero attached hydrogens (tertiary/aromatic N) is 1. The Kier molecular flexibility index (Phi) is 4.19. The molecule has 1 aromatic heterocycles. The number of pyridine rings is 1. The van der Waals surface area contributed by atoms with E-state index in [1.54, 1.807) is 42.6 Å². The third-order valence-electron chi connectivity index (χ3n) is 2.67. The monoisotopic (exact) mass is 282 g/mol. The van der Waals surface area contributed by atoms with E-state index < -0.39 is 12.1 Å². The van der Waals surface area contributed by atoms with E-state index >= 15 is 0 Å². The Bertz CT molecular complexity index is 531. The average Bonchev–Trinajstić information content (AvgIpc) is 2.38. The minimum atomic E-state index is -0.841. The zero-order valence-corrected chi connectivity index (χ0v) is 10.9. The Hall–Kier alpha value is -1.13. The molecule has 2 rings (SSSR count). The third-order valence-corrected chi connectivity index (χ3v) is 3.12. The number of benzene rings is 1. The highest BCUT2D eigenvalue weighted by molar-refractivity contribution is 6.30. The molecule has 0 aliphatic carbocycles. The fraction of sp³-hybridized carbons (Fsp3) is 0.154. The van der Waals surface area contributed by atoms with Gasteiger partial charge in [-0.05, 0) is 29.3 Å². The van der Waals surface area contributed by atoms with Crippen LogP contribution in [0, 0.1) is 0 Å². The number of aliphatic hydroxyl groups excluding tert-OH is 1. The van der Waals surface area contributed by atoms with Crippen LogP contribution in [0.3, 0.4) is 0 Å². The number of aromatic nitrogens is 1. The summed E-state index contributed by atoms with van der Waals surface area (Å²) in [4.78, 5) is 3.94. The Morgan fingerprint density at radius 2 is 1.89 bits per heavy atom. The molecule has 0 unspecified atom stereocenters. The largest absolute Gasteiger partial charge is 0.386 e. The van der Waals surface area contributed by atoms with Crippen molar-refractivity contribution < 1.29 is 5.11 Å².